The minimum absolute atomic E-state index is 0.0330. The largest absolute Gasteiger partial charge is 0.407 e. The Kier molecular flexibility index (Phi) is 3.39. The minimum Gasteiger partial charge on any atom is -0.270 e. The fourth-order valence-electron chi connectivity index (χ4n) is 4.73. The predicted molar refractivity (Wildman–Crippen MR) is 82.4 cm³/mol. The second kappa shape index (κ2) is 5.10. The normalized spacial score (nSPS) is 35.6. The predicted octanol–water partition coefficient (Wildman–Crippen LogP) is 3.77. The molecule has 0 aromatic heterocycles. The number of sulfonamides is 1. The van der Waals surface area contributed by atoms with Crippen molar-refractivity contribution in [3.63, 3.8) is 0 Å². The van der Waals surface area contributed by atoms with E-state index < -0.39 is 44.8 Å². The zero-order valence-electron chi connectivity index (χ0n) is 12.9. The lowest BCUT2D eigenvalue weighted by Crippen LogP contribution is -2.37. The fourth-order valence-corrected chi connectivity index (χ4v) is 7.28. The standard InChI is InChI=1S/C16H14F4N2O2S/c1-21-14-3-2-9(6-12(14)16(18,19)20)22-7-11-8-4-10(13(17)5-8)15(11)25(22,23)24/h2-3,6,8,10-11,13,15H,4-5,7H2/t8-,10-,11-,13-,15+/m1/s1. The molecule has 3 fully saturated rings. The maximum Gasteiger partial charge on any atom is 0.407 e. The average molecular weight is 374 g/mol. The van der Waals surface area contributed by atoms with Gasteiger partial charge < -0.3 is 0 Å². The molecule has 0 radical (unpaired) electrons. The van der Waals surface area contributed by atoms with Gasteiger partial charge in [0.1, 0.15) is 6.17 Å². The van der Waals surface area contributed by atoms with Crippen LogP contribution in [0.4, 0.5) is 28.9 Å². The van der Waals surface area contributed by atoms with Crippen molar-refractivity contribution in [1.29, 1.82) is 0 Å². The topological polar surface area (TPSA) is 41.7 Å². The van der Waals surface area contributed by atoms with Gasteiger partial charge in [0.15, 0.2) is 5.69 Å². The quantitative estimate of drug-likeness (QED) is 0.555. The number of fused-ring (bicyclic) bond motifs is 5. The highest BCUT2D eigenvalue weighted by Gasteiger charge is 2.63. The van der Waals surface area contributed by atoms with Crippen LogP contribution in [0.3, 0.4) is 0 Å². The van der Waals surface area contributed by atoms with Crippen molar-refractivity contribution in [2.75, 3.05) is 10.8 Å². The zero-order chi connectivity index (χ0) is 18.1. The van der Waals surface area contributed by atoms with E-state index in [2.05, 4.69) is 4.85 Å². The molecule has 1 saturated heterocycles. The molecule has 9 heteroatoms. The summed E-state index contributed by atoms with van der Waals surface area (Å²) in [4.78, 5) is 2.85. The van der Waals surface area contributed by atoms with E-state index in [1.54, 1.807) is 0 Å². The second-order valence-electron chi connectivity index (χ2n) is 6.93. The van der Waals surface area contributed by atoms with Gasteiger partial charge in [-0.3, -0.25) is 4.31 Å². The average Bonchev–Trinajstić information content (AvgIpc) is 3.15. The Morgan fingerprint density at radius 3 is 2.56 bits per heavy atom. The molecule has 2 bridgehead atoms. The van der Waals surface area contributed by atoms with Gasteiger partial charge in [-0.2, -0.15) is 13.2 Å². The molecular weight excluding hydrogens is 360 g/mol. The van der Waals surface area contributed by atoms with Crippen molar-refractivity contribution in [3.8, 4) is 0 Å². The lowest BCUT2D eigenvalue weighted by atomic mass is 9.87. The number of halogens is 4. The molecule has 0 N–H and O–H groups in total. The first-order chi connectivity index (χ1) is 11.6. The lowest BCUT2D eigenvalue weighted by Gasteiger charge is -2.24. The van der Waals surface area contributed by atoms with Gasteiger partial charge in [0.25, 0.3) is 0 Å². The van der Waals surface area contributed by atoms with Crippen LogP contribution in [0.15, 0.2) is 18.2 Å². The monoisotopic (exact) mass is 374 g/mol. The van der Waals surface area contributed by atoms with Crippen LogP contribution in [-0.2, 0) is 16.2 Å². The summed E-state index contributed by atoms with van der Waals surface area (Å²) < 4.78 is 80.1. The molecule has 4 rings (SSSR count). The van der Waals surface area contributed by atoms with Gasteiger partial charge in [-0.05, 0) is 36.8 Å². The van der Waals surface area contributed by atoms with Crippen LogP contribution in [0.25, 0.3) is 4.85 Å². The van der Waals surface area contributed by atoms with Crippen molar-refractivity contribution < 1.29 is 26.0 Å². The smallest absolute Gasteiger partial charge is 0.270 e. The second-order valence-corrected chi connectivity index (χ2v) is 8.94. The number of benzene rings is 1. The van der Waals surface area contributed by atoms with E-state index in [0.717, 1.165) is 10.4 Å². The Hall–Kier alpha value is -1.82. The van der Waals surface area contributed by atoms with E-state index >= 15 is 0 Å². The van der Waals surface area contributed by atoms with Gasteiger partial charge in [0.2, 0.25) is 10.0 Å². The Morgan fingerprint density at radius 1 is 1.20 bits per heavy atom. The summed E-state index contributed by atoms with van der Waals surface area (Å²) in [5.41, 5.74) is -1.83. The number of alkyl halides is 4. The Morgan fingerprint density at radius 2 is 1.92 bits per heavy atom. The zero-order valence-corrected chi connectivity index (χ0v) is 13.7. The fraction of sp³-hybridized carbons (Fsp3) is 0.562. The molecular formula is C16H14F4N2O2S. The summed E-state index contributed by atoms with van der Waals surface area (Å²) in [6.45, 7) is 6.94. The van der Waals surface area contributed by atoms with Crippen LogP contribution < -0.4 is 4.31 Å². The van der Waals surface area contributed by atoms with Crippen molar-refractivity contribution in [1.82, 2.24) is 0 Å². The first-order valence-electron chi connectivity index (χ1n) is 7.89. The van der Waals surface area contributed by atoms with Crippen LogP contribution in [0.1, 0.15) is 18.4 Å². The summed E-state index contributed by atoms with van der Waals surface area (Å²) >= 11 is 0. The van der Waals surface area contributed by atoms with Crippen LogP contribution in [0.5, 0.6) is 0 Å². The molecule has 3 aliphatic rings. The third-order valence-electron chi connectivity index (χ3n) is 5.74. The summed E-state index contributed by atoms with van der Waals surface area (Å²) in [5, 5.41) is -0.851. The van der Waals surface area contributed by atoms with E-state index in [9.17, 15) is 26.0 Å². The van der Waals surface area contributed by atoms with E-state index in [1.165, 1.54) is 6.07 Å². The van der Waals surface area contributed by atoms with E-state index in [4.69, 9.17) is 6.57 Å². The highest BCUT2D eigenvalue weighted by Crippen LogP contribution is 2.57. The van der Waals surface area contributed by atoms with Gasteiger partial charge in [0.05, 0.1) is 17.4 Å². The molecule has 4 nitrogen and oxygen atoms in total. The Balaban J connectivity index is 1.76. The number of nitrogens with zero attached hydrogens (tertiary/aromatic N) is 2. The van der Waals surface area contributed by atoms with Gasteiger partial charge in [-0.15, -0.1) is 0 Å². The van der Waals surface area contributed by atoms with Gasteiger partial charge in [0, 0.05) is 18.2 Å². The molecule has 2 aliphatic carbocycles. The molecule has 0 spiro atoms. The van der Waals surface area contributed by atoms with Crippen molar-refractivity contribution in [3.05, 3.63) is 35.2 Å². The molecule has 134 valence electrons. The van der Waals surface area contributed by atoms with Gasteiger partial charge >= 0.3 is 6.18 Å². The molecule has 0 unspecified atom stereocenters. The SMILES string of the molecule is [C-]#[N+]c1ccc(N2C[C@@H]3[C@@H]4C[C@@H]([C@@H]3S2(=O)=O)[C@H](F)C4)cc1C(F)(F)F. The molecule has 1 aromatic carbocycles. The first-order valence-corrected chi connectivity index (χ1v) is 9.39. The first kappa shape index (κ1) is 16.6. The van der Waals surface area contributed by atoms with Gasteiger partial charge in [-0.25, -0.2) is 17.7 Å². The van der Waals surface area contributed by atoms with Crippen LogP contribution in [0, 0.1) is 24.3 Å². The van der Waals surface area contributed by atoms with Crippen molar-refractivity contribution in [2.45, 2.75) is 30.4 Å². The maximum absolute atomic E-state index is 14.0. The molecule has 2 saturated carbocycles. The van der Waals surface area contributed by atoms with Crippen LogP contribution in [0.2, 0.25) is 0 Å². The van der Waals surface area contributed by atoms with E-state index in [0.29, 0.717) is 18.9 Å². The lowest BCUT2D eigenvalue weighted by molar-refractivity contribution is -0.136. The highest BCUT2D eigenvalue weighted by molar-refractivity contribution is 7.93. The van der Waals surface area contributed by atoms with Crippen LogP contribution >= 0.6 is 0 Å². The number of anilines is 1. The number of rotatable bonds is 1. The molecule has 1 heterocycles. The summed E-state index contributed by atoms with van der Waals surface area (Å²) in [7, 11) is -3.91. The maximum atomic E-state index is 14.0. The van der Waals surface area contributed by atoms with Crippen LogP contribution in [-0.4, -0.2) is 26.4 Å². The molecule has 5 atom stereocenters. The van der Waals surface area contributed by atoms with Crippen molar-refractivity contribution in [2.24, 2.45) is 17.8 Å². The Labute approximate surface area is 142 Å². The number of hydrogen-bond donors (Lipinski definition) is 0. The molecule has 1 aromatic rings. The van der Waals surface area contributed by atoms with E-state index in [1.807, 2.05) is 0 Å². The van der Waals surface area contributed by atoms with E-state index in [-0.39, 0.29) is 24.1 Å². The molecule has 0 amide bonds. The minimum atomic E-state index is -4.75. The Bertz CT molecular complexity index is 877. The summed E-state index contributed by atoms with van der Waals surface area (Å²) in [6.07, 6.45) is -5.04. The highest BCUT2D eigenvalue weighted by atomic mass is 32.2. The third kappa shape index (κ3) is 2.26. The number of hydrogen-bond acceptors (Lipinski definition) is 2. The van der Waals surface area contributed by atoms with Gasteiger partial charge in [-0.1, -0.05) is 6.07 Å². The molecule has 25 heavy (non-hydrogen) atoms. The summed E-state index contributed by atoms with van der Waals surface area (Å²) in [5.74, 6) is -0.833. The third-order valence-corrected chi connectivity index (χ3v) is 8.10. The summed E-state index contributed by atoms with van der Waals surface area (Å²) in [6, 6.07) is 2.91. The van der Waals surface area contributed by atoms with Crippen molar-refractivity contribution >= 4 is 21.4 Å². The molecule has 1 aliphatic heterocycles.